The molecule has 1 fully saturated rings. The topological polar surface area (TPSA) is 58.2 Å². The molecule has 15 heavy (non-hydrogen) atoms. The maximum Gasteiger partial charge on any atom is 0.240 e. The zero-order valence-corrected chi connectivity index (χ0v) is 9.34. The molecule has 0 aromatic heterocycles. The van der Waals surface area contributed by atoms with Gasteiger partial charge in [0.15, 0.2) is 0 Å². The van der Waals surface area contributed by atoms with Crippen molar-refractivity contribution in [2.24, 2.45) is 0 Å². The highest BCUT2D eigenvalue weighted by Crippen LogP contribution is 2.23. The largest absolute Gasteiger partial charge is 0.388 e. The van der Waals surface area contributed by atoms with Crippen molar-refractivity contribution >= 4 is 15.7 Å². The Morgan fingerprint density at radius 1 is 1.33 bits per heavy atom. The summed E-state index contributed by atoms with van der Waals surface area (Å²) in [6.45, 7) is 0. The van der Waals surface area contributed by atoms with E-state index in [-0.39, 0.29) is 6.04 Å². The molecule has 0 saturated heterocycles. The Bertz CT molecular complexity index is 452. The maximum absolute atomic E-state index is 11.8. The molecule has 1 aliphatic rings. The van der Waals surface area contributed by atoms with Gasteiger partial charge in [-0.3, -0.25) is 0 Å². The van der Waals surface area contributed by atoms with Crippen molar-refractivity contribution in [3.05, 3.63) is 24.3 Å². The lowest BCUT2D eigenvalue weighted by atomic mass is 10.3. The van der Waals surface area contributed by atoms with E-state index in [0.29, 0.717) is 4.90 Å². The molecule has 0 aliphatic heterocycles. The third kappa shape index (κ3) is 2.49. The van der Waals surface area contributed by atoms with Crippen molar-refractivity contribution in [3.63, 3.8) is 0 Å². The lowest BCUT2D eigenvalue weighted by molar-refractivity contribution is 0.581. The van der Waals surface area contributed by atoms with Crippen LogP contribution >= 0.6 is 0 Å². The fourth-order valence-corrected chi connectivity index (χ4v) is 2.66. The quantitative estimate of drug-likeness (QED) is 0.810. The van der Waals surface area contributed by atoms with E-state index in [1.54, 1.807) is 25.2 Å². The Kier molecular flexibility index (Phi) is 2.67. The highest BCUT2D eigenvalue weighted by Gasteiger charge is 2.27. The van der Waals surface area contributed by atoms with Crippen LogP contribution in [0.15, 0.2) is 29.2 Å². The Balaban J connectivity index is 2.26. The summed E-state index contributed by atoms with van der Waals surface area (Å²) in [6, 6.07) is 6.94. The fraction of sp³-hybridized carbons (Fsp3) is 0.400. The Morgan fingerprint density at radius 2 is 2.07 bits per heavy atom. The zero-order chi connectivity index (χ0) is 10.9. The molecule has 0 atom stereocenters. The highest BCUT2D eigenvalue weighted by atomic mass is 32.2. The van der Waals surface area contributed by atoms with Crippen LogP contribution in [0, 0.1) is 0 Å². The second-order valence-corrected chi connectivity index (χ2v) is 5.39. The summed E-state index contributed by atoms with van der Waals surface area (Å²) in [7, 11) is -1.56. The van der Waals surface area contributed by atoms with Crippen molar-refractivity contribution in [2.45, 2.75) is 23.8 Å². The normalized spacial score (nSPS) is 16.3. The molecule has 1 aliphatic carbocycles. The molecule has 0 amide bonds. The van der Waals surface area contributed by atoms with E-state index in [0.717, 1.165) is 18.5 Å². The molecule has 82 valence electrons. The first-order valence-corrected chi connectivity index (χ1v) is 6.40. The van der Waals surface area contributed by atoms with Gasteiger partial charge < -0.3 is 5.32 Å². The first kappa shape index (κ1) is 10.4. The zero-order valence-electron chi connectivity index (χ0n) is 8.53. The van der Waals surface area contributed by atoms with E-state index in [2.05, 4.69) is 10.0 Å². The van der Waals surface area contributed by atoms with Crippen molar-refractivity contribution in [3.8, 4) is 0 Å². The number of rotatable bonds is 4. The van der Waals surface area contributed by atoms with E-state index >= 15 is 0 Å². The van der Waals surface area contributed by atoms with Crippen LogP contribution in [0.5, 0.6) is 0 Å². The van der Waals surface area contributed by atoms with Crippen LogP contribution in [0.3, 0.4) is 0 Å². The van der Waals surface area contributed by atoms with E-state index in [1.165, 1.54) is 0 Å². The summed E-state index contributed by atoms with van der Waals surface area (Å²) in [4.78, 5) is 0.321. The van der Waals surface area contributed by atoms with Crippen LogP contribution in [0.25, 0.3) is 0 Å². The molecule has 0 unspecified atom stereocenters. The van der Waals surface area contributed by atoms with E-state index < -0.39 is 10.0 Å². The van der Waals surface area contributed by atoms with Gasteiger partial charge in [-0.25, -0.2) is 13.1 Å². The van der Waals surface area contributed by atoms with E-state index in [9.17, 15) is 8.42 Å². The predicted octanol–water partition coefficient (Wildman–Crippen LogP) is 1.17. The molecule has 5 heteroatoms. The van der Waals surface area contributed by atoms with E-state index in [1.807, 2.05) is 6.07 Å². The standard InChI is InChI=1S/C10H14N2O2S/c1-11-9-3-2-4-10(7-9)15(13,14)12-8-5-6-8/h2-4,7-8,11-12H,5-6H2,1H3. The average Bonchev–Trinajstić information content (AvgIpc) is 3.01. The highest BCUT2D eigenvalue weighted by molar-refractivity contribution is 7.89. The van der Waals surface area contributed by atoms with Gasteiger partial charge in [-0.2, -0.15) is 0 Å². The van der Waals surface area contributed by atoms with Crippen LogP contribution in [0.4, 0.5) is 5.69 Å². The van der Waals surface area contributed by atoms with Crippen molar-refractivity contribution in [1.29, 1.82) is 0 Å². The summed E-state index contributed by atoms with van der Waals surface area (Å²) < 4.78 is 26.3. The van der Waals surface area contributed by atoms with Crippen LogP contribution in [-0.2, 0) is 10.0 Å². The summed E-state index contributed by atoms with van der Waals surface area (Å²) in [5.41, 5.74) is 0.800. The Labute approximate surface area is 89.7 Å². The van der Waals surface area contributed by atoms with Gasteiger partial charge in [-0.05, 0) is 31.0 Å². The summed E-state index contributed by atoms with van der Waals surface area (Å²) in [6.07, 6.45) is 1.90. The molecule has 0 radical (unpaired) electrons. The van der Waals surface area contributed by atoms with Gasteiger partial charge in [0.25, 0.3) is 0 Å². The molecule has 0 spiro atoms. The average molecular weight is 226 g/mol. The van der Waals surface area contributed by atoms with Crippen molar-refractivity contribution < 1.29 is 8.42 Å². The van der Waals surface area contributed by atoms with Crippen LogP contribution in [0.2, 0.25) is 0 Å². The molecule has 2 N–H and O–H groups in total. The van der Waals surface area contributed by atoms with Crippen LogP contribution < -0.4 is 10.0 Å². The van der Waals surface area contributed by atoms with Gasteiger partial charge in [-0.15, -0.1) is 0 Å². The fourth-order valence-electron chi connectivity index (χ4n) is 1.31. The second-order valence-electron chi connectivity index (χ2n) is 3.67. The first-order valence-electron chi connectivity index (χ1n) is 4.92. The minimum absolute atomic E-state index is 0.147. The van der Waals surface area contributed by atoms with Crippen LogP contribution in [0.1, 0.15) is 12.8 Å². The molecule has 1 aromatic carbocycles. The van der Waals surface area contributed by atoms with E-state index in [4.69, 9.17) is 0 Å². The van der Waals surface area contributed by atoms with Gasteiger partial charge in [0.1, 0.15) is 0 Å². The Hall–Kier alpha value is -1.07. The minimum atomic E-state index is -3.32. The second kappa shape index (κ2) is 3.83. The smallest absolute Gasteiger partial charge is 0.240 e. The molecule has 0 heterocycles. The number of hydrogen-bond donors (Lipinski definition) is 2. The number of anilines is 1. The molecule has 2 rings (SSSR count). The van der Waals surface area contributed by atoms with Gasteiger partial charge >= 0.3 is 0 Å². The molecular weight excluding hydrogens is 212 g/mol. The Morgan fingerprint density at radius 3 is 2.67 bits per heavy atom. The predicted molar refractivity (Wildman–Crippen MR) is 59.3 cm³/mol. The maximum atomic E-state index is 11.8. The summed E-state index contributed by atoms with van der Waals surface area (Å²) in [5.74, 6) is 0. The number of nitrogens with one attached hydrogen (secondary N) is 2. The van der Waals surface area contributed by atoms with Gasteiger partial charge in [0, 0.05) is 18.8 Å². The van der Waals surface area contributed by atoms with Crippen molar-refractivity contribution in [1.82, 2.24) is 4.72 Å². The van der Waals surface area contributed by atoms with Crippen molar-refractivity contribution in [2.75, 3.05) is 12.4 Å². The monoisotopic (exact) mass is 226 g/mol. The van der Waals surface area contributed by atoms with Gasteiger partial charge in [0.05, 0.1) is 4.90 Å². The molecule has 1 aromatic rings. The third-order valence-corrected chi connectivity index (χ3v) is 3.85. The molecule has 0 bridgehead atoms. The first-order chi connectivity index (χ1) is 7.12. The molecule has 4 nitrogen and oxygen atoms in total. The minimum Gasteiger partial charge on any atom is -0.388 e. The number of benzene rings is 1. The summed E-state index contributed by atoms with van der Waals surface area (Å²) in [5, 5.41) is 2.92. The SMILES string of the molecule is CNc1cccc(S(=O)(=O)NC2CC2)c1. The third-order valence-electron chi connectivity index (χ3n) is 2.33. The lowest BCUT2D eigenvalue weighted by Crippen LogP contribution is -2.25. The van der Waals surface area contributed by atoms with Crippen LogP contribution in [-0.4, -0.2) is 21.5 Å². The number of hydrogen-bond acceptors (Lipinski definition) is 3. The molecular formula is C10H14N2O2S. The van der Waals surface area contributed by atoms with Gasteiger partial charge in [0.2, 0.25) is 10.0 Å². The lowest BCUT2D eigenvalue weighted by Gasteiger charge is -2.06. The number of sulfonamides is 1. The van der Waals surface area contributed by atoms with Gasteiger partial charge in [-0.1, -0.05) is 6.07 Å². The summed E-state index contributed by atoms with van der Waals surface area (Å²) >= 11 is 0. The molecule has 1 saturated carbocycles.